The quantitative estimate of drug-likeness (QED) is 0.609. The number of aromatic nitrogens is 2. The summed E-state index contributed by atoms with van der Waals surface area (Å²) in [5, 5.41) is 2.71. The molecule has 0 aliphatic carbocycles. The molecule has 2 aromatic carbocycles. The Morgan fingerprint density at radius 3 is 2.48 bits per heavy atom. The molecule has 0 fully saturated rings. The van der Waals surface area contributed by atoms with Gasteiger partial charge in [-0.3, -0.25) is 4.79 Å². The van der Waals surface area contributed by atoms with Crippen LogP contribution >= 0.6 is 0 Å². The van der Waals surface area contributed by atoms with Crippen molar-refractivity contribution in [2.24, 2.45) is 0 Å². The molecule has 1 heterocycles. The van der Waals surface area contributed by atoms with Gasteiger partial charge in [-0.05, 0) is 42.5 Å². The molecule has 0 bridgehead atoms. The van der Waals surface area contributed by atoms with Gasteiger partial charge in [0.25, 0.3) is 0 Å². The minimum atomic E-state index is -3.55. The summed E-state index contributed by atoms with van der Waals surface area (Å²) >= 11 is 0. The van der Waals surface area contributed by atoms with Gasteiger partial charge in [0.2, 0.25) is 15.9 Å². The highest BCUT2D eigenvalue weighted by molar-refractivity contribution is 7.89. The molecule has 0 radical (unpaired) electrons. The van der Waals surface area contributed by atoms with E-state index in [4.69, 9.17) is 0 Å². The van der Waals surface area contributed by atoms with Crippen molar-refractivity contribution in [3.63, 3.8) is 0 Å². The third-order valence-corrected chi connectivity index (χ3v) is 6.69. The molecule has 0 aliphatic rings. The molecular weight excluding hydrogens is 395 g/mol. The van der Waals surface area contributed by atoms with Crippen molar-refractivity contribution >= 4 is 32.7 Å². The van der Waals surface area contributed by atoms with Crippen LogP contribution < -0.4 is 5.32 Å². The minimum Gasteiger partial charge on any atom is -0.330 e. The number of aryl methyl sites for hydroxylation is 1. The third-order valence-electron chi connectivity index (χ3n) is 4.64. The number of hydrogen-bond donors (Lipinski definition) is 1. The Kier molecular flexibility index (Phi) is 6.29. The van der Waals surface area contributed by atoms with E-state index in [-0.39, 0.29) is 23.0 Å². The second-order valence-electron chi connectivity index (χ2n) is 6.48. The van der Waals surface area contributed by atoms with E-state index >= 15 is 0 Å². The number of sulfonamides is 1. The van der Waals surface area contributed by atoms with Crippen molar-refractivity contribution in [1.29, 1.82) is 0 Å². The fourth-order valence-corrected chi connectivity index (χ4v) is 4.55. The molecule has 3 rings (SSSR count). The maximum absolute atomic E-state index is 12.9. The van der Waals surface area contributed by atoms with Gasteiger partial charge in [0.1, 0.15) is 5.82 Å². The van der Waals surface area contributed by atoms with E-state index in [0.29, 0.717) is 30.8 Å². The van der Waals surface area contributed by atoms with Gasteiger partial charge in [0.05, 0.1) is 22.3 Å². The molecule has 0 atom stereocenters. The Morgan fingerprint density at radius 2 is 1.83 bits per heavy atom. The SMILES string of the molecule is CCN(CC)S(=O)(=O)c1ccc2c(c1)ncn2CCC(=O)Nc1ccc(F)cc1. The number of rotatable bonds is 8. The van der Waals surface area contributed by atoms with Crippen LogP contribution in [0.1, 0.15) is 20.3 Å². The number of benzene rings is 2. The summed E-state index contributed by atoms with van der Waals surface area (Å²) in [4.78, 5) is 16.6. The first-order valence-corrected chi connectivity index (χ1v) is 10.8. The molecule has 9 heteroatoms. The molecule has 1 N–H and O–H groups in total. The number of amides is 1. The van der Waals surface area contributed by atoms with Crippen LogP contribution in [0.3, 0.4) is 0 Å². The Bertz CT molecular complexity index is 1110. The highest BCUT2D eigenvalue weighted by atomic mass is 32.2. The monoisotopic (exact) mass is 418 g/mol. The number of carbonyl (C=O) groups excluding carboxylic acids is 1. The Morgan fingerprint density at radius 1 is 1.14 bits per heavy atom. The van der Waals surface area contributed by atoms with E-state index < -0.39 is 10.0 Å². The first kappa shape index (κ1) is 20.9. The number of nitrogens with zero attached hydrogens (tertiary/aromatic N) is 3. The van der Waals surface area contributed by atoms with Crippen LogP contribution in [0.2, 0.25) is 0 Å². The standard InChI is InChI=1S/C20H23FN4O3S/c1-3-25(4-2)29(27,28)17-9-10-19-18(13-17)22-14-24(19)12-11-20(26)23-16-7-5-15(21)6-8-16/h5-10,13-14H,3-4,11-12H2,1-2H3,(H,23,26). The highest BCUT2D eigenvalue weighted by Gasteiger charge is 2.22. The lowest BCUT2D eigenvalue weighted by Gasteiger charge is -2.18. The van der Waals surface area contributed by atoms with Gasteiger partial charge in [-0.15, -0.1) is 0 Å². The van der Waals surface area contributed by atoms with E-state index in [9.17, 15) is 17.6 Å². The molecule has 0 unspecified atom stereocenters. The predicted octanol–water partition coefficient (Wildman–Crippen LogP) is 3.23. The minimum absolute atomic E-state index is 0.197. The van der Waals surface area contributed by atoms with E-state index in [1.807, 2.05) is 0 Å². The van der Waals surface area contributed by atoms with Crippen LogP contribution in [0.4, 0.5) is 10.1 Å². The average Bonchev–Trinajstić information content (AvgIpc) is 3.11. The second kappa shape index (κ2) is 8.71. The first-order chi connectivity index (χ1) is 13.8. The molecule has 154 valence electrons. The van der Waals surface area contributed by atoms with Crippen molar-refractivity contribution < 1.29 is 17.6 Å². The summed E-state index contributed by atoms with van der Waals surface area (Å²) in [5.74, 6) is -0.575. The van der Waals surface area contributed by atoms with Gasteiger partial charge in [-0.1, -0.05) is 13.8 Å². The number of nitrogens with one attached hydrogen (secondary N) is 1. The number of carbonyl (C=O) groups is 1. The summed E-state index contributed by atoms with van der Waals surface area (Å²) in [6, 6.07) is 10.4. The second-order valence-corrected chi connectivity index (χ2v) is 8.42. The fourth-order valence-electron chi connectivity index (χ4n) is 3.07. The third kappa shape index (κ3) is 4.63. The van der Waals surface area contributed by atoms with Crippen LogP contribution in [0.15, 0.2) is 53.7 Å². The topological polar surface area (TPSA) is 84.3 Å². The first-order valence-electron chi connectivity index (χ1n) is 9.35. The summed E-state index contributed by atoms with van der Waals surface area (Å²) in [6.45, 7) is 4.77. The molecule has 1 amide bonds. The Balaban J connectivity index is 1.71. The average molecular weight is 418 g/mol. The molecule has 3 aromatic rings. The molecule has 0 saturated carbocycles. The highest BCUT2D eigenvalue weighted by Crippen LogP contribution is 2.21. The zero-order valence-electron chi connectivity index (χ0n) is 16.3. The van der Waals surface area contributed by atoms with E-state index in [2.05, 4.69) is 10.3 Å². The normalized spacial score (nSPS) is 11.9. The van der Waals surface area contributed by atoms with Gasteiger partial charge in [0.15, 0.2) is 0 Å². The van der Waals surface area contributed by atoms with E-state index in [0.717, 1.165) is 5.52 Å². The Labute approximate surface area is 169 Å². The van der Waals surface area contributed by atoms with Crippen molar-refractivity contribution in [3.8, 4) is 0 Å². The van der Waals surface area contributed by atoms with Crippen molar-refractivity contribution in [3.05, 3.63) is 54.6 Å². The lowest BCUT2D eigenvalue weighted by molar-refractivity contribution is -0.116. The van der Waals surface area contributed by atoms with E-state index in [1.54, 1.807) is 42.9 Å². The number of halogens is 1. The Hall–Kier alpha value is -2.78. The molecule has 1 aromatic heterocycles. The van der Waals surface area contributed by atoms with Crippen LogP contribution in [0, 0.1) is 5.82 Å². The van der Waals surface area contributed by atoms with Crippen molar-refractivity contribution in [1.82, 2.24) is 13.9 Å². The smallest absolute Gasteiger partial charge is 0.243 e. The lowest BCUT2D eigenvalue weighted by atomic mass is 10.3. The zero-order valence-corrected chi connectivity index (χ0v) is 17.1. The zero-order chi connectivity index (χ0) is 21.0. The van der Waals surface area contributed by atoms with Gasteiger partial charge >= 0.3 is 0 Å². The van der Waals surface area contributed by atoms with Crippen molar-refractivity contribution in [2.45, 2.75) is 31.7 Å². The number of fused-ring (bicyclic) bond motifs is 1. The number of anilines is 1. The number of imidazole rings is 1. The van der Waals surface area contributed by atoms with Gasteiger partial charge in [-0.2, -0.15) is 4.31 Å². The summed E-state index contributed by atoms with van der Waals surface area (Å²) in [6.07, 6.45) is 1.78. The molecule has 29 heavy (non-hydrogen) atoms. The van der Waals surface area contributed by atoms with Gasteiger partial charge in [-0.25, -0.2) is 17.8 Å². The maximum Gasteiger partial charge on any atom is 0.243 e. The molecular formula is C20H23FN4O3S. The maximum atomic E-state index is 12.9. The van der Waals surface area contributed by atoms with Gasteiger partial charge in [0, 0.05) is 31.7 Å². The largest absolute Gasteiger partial charge is 0.330 e. The van der Waals surface area contributed by atoms with Crippen LogP contribution in [-0.2, 0) is 21.4 Å². The van der Waals surface area contributed by atoms with Crippen LogP contribution in [0.25, 0.3) is 11.0 Å². The summed E-state index contributed by atoms with van der Waals surface area (Å²) < 4.78 is 41.5. The van der Waals surface area contributed by atoms with Crippen LogP contribution in [0.5, 0.6) is 0 Å². The van der Waals surface area contributed by atoms with Crippen LogP contribution in [-0.4, -0.2) is 41.3 Å². The predicted molar refractivity (Wildman–Crippen MR) is 109 cm³/mol. The molecule has 0 spiro atoms. The van der Waals surface area contributed by atoms with Crippen molar-refractivity contribution in [2.75, 3.05) is 18.4 Å². The lowest BCUT2D eigenvalue weighted by Crippen LogP contribution is -2.30. The summed E-state index contributed by atoms with van der Waals surface area (Å²) in [7, 11) is -3.55. The molecule has 7 nitrogen and oxygen atoms in total. The van der Waals surface area contributed by atoms with Gasteiger partial charge < -0.3 is 9.88 Å². The summed E-state index contributed by atoms with van der Waals surface area (Å²) in [5.41, 5.74) is 1.83. The molecule has 0 aliphatic heterocycles. The number of hydrogen-bond acceptors (Lipinski definition) is 4. The fraction of sp³-hybridized carbons (Fsp3) is 0.300. The van der Waals surface area contributed by atoms with E-state index in [1.165, 1.54) is 28.6 Å². The molecule has 0 saturated heterocycles.